The third kappa shape index (κ3) is 5.18. The molecule has 93 valence electrons. The van der Waals surface area contributed by atoms with Gasteiger partial charge in [0.15, 0.2) is 0 Å². The molecule has 0 atom stereocenters. The molecule has 2 heteroatoms. The summed E-state index contributed by atoms with van der Waals surface area (Å²) in [5, 5.41) is 0. The summed E-state index contributed by atoms with van der Waals surface area (Å²) in [6.45, 7) is 5.16. The molecule has 0 unspecified atom stereocenters. The molecule has 1 aromatic rings. The molecule has 0 fully saturated rings. The number of nitrogens with zero attached hydrogens (tertiary/aromatic N) is 1. The molecule has 1 radical (unpaired) electrons. The Morgan fingerprint density at radius 2 is 1.83 bits per heavy atom. The van der Waals surface area contributed by atoms with Crippen LogP contribution < -0.4 is 0 Å². The number of hydrogen-bond acceptors (Lipinski definition) is 1. The van der Waals surface area contributed by atoms with Gasteiger partial charge >= 0.3 is 105 Å². The summed E-state index contributed by atoms with van der Waals surface area (Å²) in [5.74, 6) is 1.54. The first-order valence-corrected chi connectivity index (χ1v) is 6.33. The number of allylic oxidation sites excluding steroid dienone is 3. The Morgan fingerprint density at radius 1 is 1.22 bits per heavy atom. The van der Waals surface area contributed by atoms with Gasteiger partial charge in [0, 0.05) is 0 Å². The second-order valence-electron chi connectivity index (χ2n) is 4.51. The molecule has 0 aliphatic heterocycles. The average molecular weight is 238 g/mol. The Bertz CT molecular complexity index is 429. The summed E-state index contributed by atoms with van der Waals surface area (Å²) in [6.07, 6.45) is 7.05. The number of hydrogen-bond donors (Lipinski definition) is 0. The van der Waals surface area contributed by atoms with E-state index < -0.39 is 0 Å². The summed E-state index contributed by atoms with van der Waals surface area (Å²) >= 11 is 0. The van der Waals surface area contributed by atoms with E-state index in [1.807, 2.05) is 12.2 Å². The van der Waals surface area contributed by atoms with Crippen molar-refractivity contribution in [1.29, 1.82) is 0 Å². The van der Waals surface area contributed by atoms with Crippen LogP contribution in [0.4, 0.5) is 0 Å². The molecule has 0 saturated heterocycles. The summed E-state index contributed by atoms with van der Waals surface area (Å²) in [6, 6.07) is 8.79. The van der Waals surface area contributed by atoms with Crippen molar-refractivity contribution < 1.29 is 0 Å². The van der Waals surface area contributed by atoms with Gasteiger partial charge in [-0.25, -0.2) is 0 Å². The van der Waals surface area contributed by atoms with E-state index in [-0.39, 0.29) is 0 Å². The van der Waals surface area contributed by atoms with Gasteiger partial charge in [0.05, 0.1) is 0 Å². The normalized spacial score (nSPS) is 11.8. The van der Waals surface area contributed by atoms with Crippen molar-refractivity contribution in [1.82, 2.24) is 4.90 Å². The summed E-state index contributed by atoms with van der Waals surface area (Å²) in [4.78, 5) is 2.18. The predicted molar refractivity (Wildman–Crippen MR) is 82.0 cm³/mol. The summed E-state index contributed by atoms with van der Waals surface area (Å²) < 4.78 is 0. The van der Waals surface area contributed by atoms with Gasteiger partial charge in [-0.05, 0) is 0 Å². The Labute approximate surface area is 112 Å². The van der Waals surface area contributed by atoms with Gasteiger partial charge in [0.1, 0.15) is 0 Å². The topological polar surface area (TPSA) is 3.24 Å². The van der Waals surface area contributed by atoms with E-state index in [0.717, 1.165) is 13.0 Å². The first-order valence-electron chi connectivity index (χ1n) is 6.33. The van der Waals surface area contributed by atoms with Crippen LogP contribution in [0.2, 0.25) is 0 Å². The van der Waals surface area contributed by atoms with E-state index in [4.69, 9.17) is 7.49 Å². The fourth-order valence-corrected chi connectivity index (χ4v) is 1.81. The maximum atomic E-state index is 5.31. The molecule has 0 N–H and O–H groups in total. The van der Waals surface area contributed by atoms with Crippen molar-refractivity contribution in [3.05, 3.63) is 59.3 Å². The molecule has 0 aromatic heterocycles. The van der Waals surface area contributed by atoms with Crippen LogP contribution in [0.5, 0.6) is 0 Å². The first kappa shape index (κ1) is 14.5. The second-order valence-corrected chi connectivity index (χ2v) is 4.51. The van der Waals surface area contributed by atoms with Gasteiger partial charge in [-0.3, -0.25) is 0 Å². The van der Waals surface area contributed by atoms with E-state index in [0.29, 0.717) is 0 Å². The third-order valence-electron chi connectivity index (χ3n) is 2.76. The zero-order chi connectivity index (χ0) is 13.4. The van der Waals surface area contributed by atoms with E-state index in [1.165, 1.54) is 16.7 Å². The van der Waals surface area contributed by atoms with Gasteiger partial charge in [-0.1, -0.05) is 6.92 Å². The fraction of sp³-hybridized carbons (Fsp3) is 0.312. The maximum absolute atomic E-state index is 5.31. The van der Waals surface area contributed by atoms with Crippen molar-refractivity contribution in [3.8, 4) is 0 Å². The number of rotatable bonds is 6. The Kier molecular flexibility index (Phi) is 6.20. The van der Waals surface area contributed by atoms with Gasteiger partial charge < -0.3 is 0 Å². The van der Waals surface area contributed by atoms with Crippen molar-refractivity contribution in [2.75, 3.05) is 7.05 Å². The van der Waals surface area contributed by atoms with Crippen LogP contribution in [-0.2, 0) is 13.0 Å². The summed E-state index contributed by atoms with van der Waals surface area (Å²) in [5.41, 5.74) is 3.90. The van der Waals surface area contributed by atoms with E-state index in [2.05, 4.69) is 56.3 Å². The van der Waals surface area contributed by atoms with Crippen LogP contribution in [0.3, 0.4) is 0 Å². The molecular formula is C16H21BN. The van der Waals surface area contributed by atoms with Gasteiger partial charge in [-0.2, -0.15) is 0 Å². The first-order chi connectivity index (χ1) is 8.65. The van der Waals surface area contributed by atoms with Gasteiger partial charge in [-0.15, -0.1) is 0 Å². The molecule has 1 nitrogen and oxygen atoms in total. The molecule has 0 amide bonds. The Morgan fingerprint density at radius 3 is 2.39 bits per heavy atom. The number of aryl methyl sites for hydroxylation is 1. The molecule has 0 heterocycles. The quantitative estimate of drug-likeness (QED) is 0.543. The predicted octanol–water partition coefficient (Wildman–Crippen LogP) is 3.11. The monoisotopic (exact) mass is 238 g/mol. The molecule has 0 aliphatic carbocycles. The molecule has 0 bridgehead atoms. The van der Waals surface area contributed by atoms with Crippen LogP contribution in [0.15, 0.2) is 48.2 Å². The van der Waals surface area contributed by atoms with Crippen LogP contribution >= 0.6 is 0 Å². The van der Waals surface area contributed by atoms with Crippen LogP contribution in [-0.4, -0.2) is 25.4 Å². The second kappa shape index (κ2) is 7.70. The zero-order valence-electron chi connectivity index (χ0n) is 11.6. The minimum atomic E-state index is 0.918. The van der Waals surface area contributed by atoms with Crippen molar-refractivity contribution in [2.45, 2.75) is 26.8 Å². The molecule has 0 saturated carbocycles. The van der Waals surface area contributed by atoms with Gasteiger partial charge in [0.25, 0.3) is 0 Å². The standard InChI is InChI=1S/C16H21BN/c1-4-15-7-9-16(10-8-15)13-18(3)12-14(2)6-5-11-17/h5-12H,4,13H2,1-3H3/b6-5-,14-12-. The fourth-order valence-electron chi connectivity index (χ4n) is 1.81. The SMILES string of the molecule is [B]=C/C=C\C(C)=C/N(C)Cc1ccc(CC)cc1. The van der Waals surface area contributed by atoms with Crippen LogP contribution in [0, 0.1) is 0 Å². The molecule has 0 aliphatic rings. The van der Waals surface area contributed by atoms with Gasteiger partial charge in [0.2, 0.25) is 0 Å². The molecule has 18 heavy (non-hydrogen) atoms. The van der Waals surface area contributed by atoms with Crippen molar-refractivity contribution >= 4 is 13.5 Å². The number of benzene rings is 1. The van der Waals surface area contributed by atoms with E-state index >= 15 is 0 Å². The molecule has 0 spiro atoms. The molecular weight excluding hydrogens is 217 g/mol. The van der Waals surface area contributed by atoms with Crippen LogP contribution in [0.25, 0.3) is 0 Å². The third-order valence-corrected chi connectivity index (χ3v) is 2.76. The zero-order valence-corrected chi connectivity index (χ0v) is 11.6. The molecule has 1 aromatic carbocycles. The van der Waals surface area contributed by atoms with Crippen LogP contribution in [0.1, 0.15) is 25.0 Å². The van der Waals surface area contributed by atoms with Crippen molar-refractivity contribution in [3.63, 3.8) is 0 Å². The summed E-state index contributed by atoms with van der Waals surface area (Å²) in [7, 11) is 7.39. The Hall–Kier alpha value is -1.57. The molecule has 1 rings (SSSR count). The van der Waals surface area contributed by atoms with E-state index in [9.17, 15) is 0 Å². The van der Waals surface area contributed by atoms with Crippen molar-refractivity contribution in [2.24, 2.45) is 0 Å². The van der Waals surface area contributed by atoms with E-state index in [1.54, 1.807) is 5.97 Å². The Balaban J connectivity index is 2.60. The minimum absolute atomic E-state index is 0.918. The average Bonchev–Trinajstić information content (AvgIpc) is 2.37.